The molecule has 0 saturated carbocycles. The summed E-state index contributed by atoms with van der Waals surface area (Å²) in [5.41, 5.74) is 5.67. The molecule has 3 heterocycles. The van der Waals surface area contributed by atoms with Crippen LogP contribution < -0.4 is 0 Å². The average molecular weight is 328 g/mol. The minimum absolute atomic E-state index is 0.700. The molecule has 0 aliphatic rings. The lowest BCUT2D eigenvalue weighted by Crippen LogP contribution is -2.27. The van der Waals surface area contributed by atoms with E-state index in [0.717, 1.165) is 31.0 Å². The molecule has 0 N–H and O–H groups in total. The van der Waals surface area contributed by atoms with Crippen molar-refractivity contribution >= 4 is 5.65 Å². The van der Waals surface area contributed by atoms with Crippen molar-refractivity contribution in [3.8, 4) is 0 Å². The van der Waals surface area contributed by atoms with Crippen molar-refractivity contribution in [2.75, 3.05) is 20.3 Å². The Morgan fingerprint density at radius 3 is 2.79 bits per heavy atom. The predicted octanol–water partition coefficient (Wildman–Crippen LogP) is 1.73. The number of hydrogen-bond acceptors (Lipinski definition) is 5. The van der Waals surface area contributed by atoms with E-state index in [2.05, 4.69) is 46.1 Å². The van der Waals surface area contributed by atoms with Crippen LogP contribution in [0.3, 0.4) is 0 Å². The first-order chi connectivity index (χ1) is 11.6. The number of aromatic nitrogens is 5. The number of ether oxygens (including phenoxy) is 1. The highest BCUT2D eigenvalue weighted by Gasteiger charge is 2.14. The Balaban J connectivity index is 1.80. The second kappa shape index (κ2) is 7.11. The molecule has 24 heavy (non-hydrogen) atoms. The fourth-order valence-corrected chi connectivity index (χ4v) is 2.92. The highest BCUT2D eigenvalue weighted by molar-refractivity contribution is 5.39. The Hall–Kier alpha value is -2.25. The summed E-state index contributed by atoms with van der Waals surface area (Å²) in [5.74, 6) is 0. The molecule has 3 rings (SSSR count). The molecule has 3 aromatic rings. The molecular formula is C17H24N6O. The summed E-state index contributed by atoms with van der Waals surface area (Å²) in [4.78, 5) is 6.64. The van der Waals surface area contributed by atoms with Crippen LogP contribution in [-0.2, 0) is 24.9 Å². The molecule has 0 saturated heterocycles. The minimum Gasteiger partial charge on any atom is -0.383 e. The summed E-state index contributed by atoms with van der Waals surface area (Å²) >= 11 is 0. The number of nitrogens with zero attached hydrogens (tertiary/aromatic N) is 6. The highest BCUT2D eigenvalue weighted by atomic mass is 16.5. The van der Waals surface area contributed by atoms with Crippen molar-refractivity contribution < 1.29 is 4.74 Å². The van der Waals surface area contributed by atoms with E-state index in [4.69, 9.17) is 4.74 Å². The summed E-state index contributed by atoms with van der Waals surface area (Å²) in [6, 6.07) is 4.17. The van der Waals surface area contributed by atoms with Crippen molar-refractivity contribution in [2.45, 2.75) is 26.9 Å². The SMILES string of the molecule is COCCN(Cc1ccn2ncnc2c1)Cc1c(C)nn(C)c1C. The largest absolute Gasteiger partial charge is 0.383 e. The second-order valence-electron chi connectivity index (χ2n) is 6.07. The zero-order valence-electron chi connectivity index (χ0n) is 14.7. The van der Waals surface area contributed by atoms with Gasteiger partial charge in [-0.15, -0.1) is 0 Å². The van der Waals surface area contributed by atoms with Gasteiger partial charge < -0.3 is 4.74 Å². The number of aryl methyl sites for hydroxylation is 2. The molecule has 128 valence electrons. The highest BCUT2D eigenvalue weighted by Crippen LogP contribution is 2.17. The van der Waals surface area contributed by atoms with E-state index in [0.29, 0.717) is 6.61 Å². The van der Waals surface area contributed by atoms with Crippen LogP contribution in [0, 0.1) is 13.8 Å². The molecule has 7 heteroatoms. The van der Waals surface area contributed by atoms with Crippen LogP contribution in [0.15, 0.2) is 24.7 Å². The van der Waals surface area contributed by atoms with Crippen LogP contribution in [0.5, 0.6) is 0 Å². The third kappa shape index (κ3) is 3.47. The van der Waals surface area contributed by atoms with Gasteiger partial charge in [-0.3, -0.25) is 9.58 Å². The van der Waals surface area contributed by atoms with Crippen LogP contribution in [0.1, 0.15) is 22.5 Å². The van der Waals surface area contributed by atoms with Crippen LogP contribution in [0.2, 0.25) is 0 Å². The number of fused-ring (bicyclic) bond motifs is 1. The maximum Gasteiger partial charge on any atom is 0.155 e. The lowest BCUT2D eigenvalue weighted by Gasteiger charge is -2.22. The van der Waals surface area contributed by atoms with Gasteiger partial charge in [-0.25, -0.2) is 9.50 Å². The van der Waals surface area contributed by atoms with Gasteiger partial charge in [0.15, 0.2) is 5.65 Å². The normalized spacial score (nSPS) is 11.7. The lowest BCUT2D eigenvalue weighted by atomic mass is 10.1. The molecule has 0 unspecified atom stereocenters. The van der Waals surface area contributed by atoms with E-state index < -0.39 is 0 Å². The minimum atomic E-state index is 0.700. The fraction of sp³-hybridized carbons (Fsp3) is 0.471. The topological polar surface area (TPSA) is 60.5 Å². The van der Waals surface area contributed by atoms with E-state index >= 15 is 0 Å². The molecule has 0 aromatic carbocycles. The molecule has 0 amide bonds. The number of pyridine rings is 1. The summed E-state index contributed by atoms with van der Waals surface area (Å²) in [6.07, 6.45) is 3.52. The maximum atomic E-state index is 5.28. The van der Waals surface area contributed by atoms with E-state index in [-0.39, 0.29) is 0 Å². The summed E-state index contributed by atoms with van der Waals surface area (Å²) < 4.78 is 9.00. The number of methoxy groups -OCH3 is 1. The first-order valence-corrected chi connectivity index (χ1v) is 8.07. The third-order valence-corrected chi connectivity index (χ3v) is 4.40. The maximum absolute atomic E-state index is 5.28. The van der Waals surface area contributed by atoms with Crippen molar-refractivity contribution in [3.05, 3.63) is 47.2 Å². The van der Waals surface area contributed by atoms with Gasteiger partial charge in [0.1, 0.15) is 6.33 Å². The molecule has 0 radical (unpaired) electrons. The summed E-state index contributed by atoms with van der Waals surface area (Å²) in [6.45, 7) is 7.44. The van der Waals surface area contributed by atoms with E-state index in [1.807, 2.05) is 17.9 Å². The molecule has 7 nitrogen and oxygen atoms in total. The van der Waals surface area contributed by atoms with Crippen LogP contribution >= 0.6 is 0 Å². The van der Waals surface area contributed by atoms with Crippen molar-refractivity contribution in [1.29, 1.82) is 0 Å². The quantitative estimate of drug-likeness (QED) is 0.661. The van der Waals surface area contributed by atoms with Crippen LogP contribution in [-0.4, -0.2) is 49.5 Å². The molecule has 0 spiro atoms. The summed E-state index contributed by atoms with van der Waals surface area (Å²) in [7, 11) is 3.73. The summed E-state index contributed by atoms with van der Waals surface area (Å²) in [5, 5.41) is 8.67. The van der Waals surface area contributed by atoms with Crippen LogP contribution in [0.4, 0.5) is 0 Å². The molecule has 0 bridgehead atoms. The molecule has 0 fully saturated rings. The van der Waals surface area contributed by atoms with Crippen molar-refractivity contribution in [2.24, 2.45) is 7.05 Å². The zero-order chi connectivity index (χ0) is 17.1. The second-order valence-corrected chi connectivity index (χ2v) is 6.07. The van der Waals surface area contributed by atoms with Crippen LogP contribution in [0.25, 0.3) is 5.65 Å². The van der Waals surface area contributed by atoms with Gasteiger partial charge >= 0.3 is 0 Å². The lowest BCUT2D eigenvalue weighted by molar-refractivity contribution is 0.140. The first kappa shape index (κ1) is 16.6. The van der Waals surface area contributed by atoms with Crippen molar-refractivity contribution in [3.63, 3.8) is 0 Å². The average Bonchev–Trinajstić information content (AvgIpc) is 3.12. The molecule has 0 atom stereocenters. The molecule has 3 aromatic heterocycles. The van der Waals surface area contributed by atoms with Gasteiger partial charge in [0, 0.05) is 51.2 Å². The van der Waals surface area contributed by atoms with Gasteiger partial charge in [0.2, 0.25) is 0 Å². The standard InChI is InChI=1S/C17H24N6O/c1-13-16(14(2)21(3)20-13)11-22(7-8-24-4)10-15-5-6-23-17(9-15)18-12-19-23/h5-6,9,12H,7-8,10-11H2,1-4H3. The third-order valence-electron chi connectivity index (χ3n) is 4.40. The Labute approximate surface area is 141 Å². The fourth-order valence-electron chi connectivity index (χ4n) is 2.92. The zero-order valence-corrected chi connectivity index (χ0v) is 14.7. The van der Waals surface area contributed by atoms with Gasteiger partial charge in [-0.1, -0.05) is 0 Å². The molecule has 0 aliphatic carbocycles. The van der Waals surface area contributed by atoms with Crippen molar-refractivity contribution in [1.82, 2.24) is 29.3 Å². The molecular weight excluding hydrogens is 304 g/mol. The smallest absolute Gasteiger partial charge is 0.155 e. The van der Waals surface area contributed by atoms with Gasteiger partial charge in [-0.05, 0) is 31.5 Å². The van der Waals surface area contributed by atoms with E-state index in [1.54, 1.807) is 18.0 Å². The molecule has 0 aliphatic heterocycles. The van der Waals surface area contributed by atoms with Gasteiger partial charge in [-0.2, -0.15) is 10.2 Å². The number of hydrogen-bond donors (Lipinski definition) is 0. The van der Waals surface area contributed by atoms with Gasteiger partial charge in [0.25, 0.3) is 0 Å². The Morgan fingerprint density at radius 2 is 2.08 bits per heavy atom. The Bertz CT molecular complexity index is 822. The monoisotopic (exact) mass is 328 g/mol. The van der Waals surface area contributed by atoms with Gasteiger partial charge in [0.05, 0.1) is 12.3 Å². The Kier molecular flexibility index (Phi) is 4.92. The first-order valence-electron chi connectivity index (χ1n) is 8.07. The number of rotatable bonds is 7. The van der Waals surface area contributed by atoms with E-state index in [9.17, 15) is 0 Å². The Morgan fingerprint density at radius 1 is 1.25 bits per heavy atom. The predicted molar refractivity (Wildman–Crippen MR) is 91.7 cm³/mol. The van der Waals surface area contributed by atoms with E-state index in [1.165, 1.54) is 16.8 Å².